The molecule has 3 aromatic carbocycles. The van der Waals surface area contributed by atoms with Gasteiger partial charge >= 0.3 is 12.3 Å². The predicted octanol–water partition coefficient (Wildman–Crippen LogP) is 6.27. The number of rotatable bonds is 9. The summed E-state index contributed by atoms with van der Waals surface area (Å²) in [5, 5.41) is 8.66. The summed E-state index contributed by atoms with van der Waals surface area (Å²) in [6.07, 6.45) is -2.94. The minimum atomic E-state index is -4.79. The molecule has 0 aliphatic rings. The van der Waals surface area contributed by atoms with Crippen LogP contribution in [-0.4, -0.2) is 29.8 Å². The van der Waals surface area contributed by atoms with Crippen molar-refractivity contribution in [3.63, 3.8) is 0 Å². The fourth-order valence-electron chi connectivity index (χ4n) is 2.90. The topological polar surface area (TPSA) is 55.8 Å². The molecule has 0 radical (unpaired) electrons. The zero-order valence-corrected chi connectivity index (χ0v) is 17.5. The van der Waals surface area contributed by atoms with Gasteiger partial charge in [-0.25, -0.2) is 4.79 Å². The molecule has 4 nitrogen and oxygen atoms in total. The van der Waals surface area contributed by atoms with Crippen molar-refractivity contribution in [3.05, 3.63) is 96.1 Å². The van der Waals surface area contributed by atoms with Crippen LogP contribution in [0.15, 0.2) is 89.8 Å². The molecule has 0 spiro atoms. The first kappa shape index (κ1) is 23.3. The molecule has 0 fully saturated rings. The third kappa shape index (κ3) is 7.09. The van der Waals surface area contributed by atoms with Gasteiger partial charge in [0.2, 0.25) is 0 Å². The molecule has 0 unspecified atom stereocenters. The van der Waals surface area contributed by atoms with Crippen molar-refractivity contribution in [1.29, 1.82) is 0 Å². The lowest BCUT2D eigenvalue weighted by Gasteiger charge is -2.16. The Morgan fingerprint density at radius 2 is 1.59 bits per heavy atom. The summed E-state index contributed by atoms with van der Waals surface area (Å²) < 4.78 is 48.1. The molecular formula is C24H19F3O4S. The molecule has 0 heterocycles. The molecule has 0 atom stereocenters. The lowest BCUT2D eigenvalue weighted by atomic mass is 9.97. The molecule has 8 heteroatoms. The van der Waals surface area contributed by atoms with E-state index in [9.17, 15) is 18.0 Å². The minimum Gasteiger partial charge on any atom is -0.482 e. The van der Waals surface area contributed by atoms with Crippen molar-refractivity contribution >= 4 is 23.3 Å². The van der Waals surface area contributed by atoms with E-state index in [0.717, 1.165) is 10.5 Å². The van der Waals surface area contributed by atoms with E-state index in [-0.39, 0.29) is 5.75 Å². The van der Waals surface area contributed by atoms with Crippen LogP contribution >= 0.6 is 11.8 Å². The van der Waals surface area contributed by atoms with E-state index in [2.05, 4.69) is 4.74 Å². The van der Waals surface area contributed by atoms with E-state index >= 15 is 0 Å². The van der Waals surface area contributed by atoms with E-state index < -0.39 is 18.9 Å². The molecule has 3 rings (SSSR count). The number of para-hydroxylation sites is 1. The van der Waals surface area contributed by atoms with Gasteiger partial charge < -0.3 is 14.6 Å². The number of thioether (sulfide) groups is 1. The number of carboxylic acid groups (broad SMARTS) is 1. The third-order valence-electron chi connectivity index (χ3n) is 4.21. The normalized spacial score (nSPS) is 11.8. The summed E-state index contributed by atoms with van der Waals surface area (Å²) >= 11 is 1.48. The molecular weight excluding hydrogens is 441 g/mol. The monoisotopic (exact) mass is 460 g/mol. The molecule has 0 bridgehead atoms. The Bertz CT molecular complexity index is 1060. The Morgan fingerprint density at radius 1 is 0.938 bits per heavy atom. The van der Waals surface area contributed by atoms with Crippen LogP contribution in [0.25, 0.3) is 5.57 Å². The van der Waals surface area contributed by atoms with Gasteiger partial charge in [-0.3, -0.25) is 0 Å². The van der Waals surface area contributed by atoms with Gasteiger partial charge in [0.05, 0.1) is 0 Å². The van der Waals surface area contributed by atoms with E-state index in [1.807, 2.05) is 36.4 Å². The number of carbonyl (C=O) groups is 1. The quantitative estimate of drug-likeness (QED) is 0.381. The van der Waals surface area contributed by atoms with Crippen LogP contribution in [-0.2, 0) is 4.79 Å². The fourth-order valence-corrected chi connectivity index (χ4v) is 3.67. The third-order valence-corrected chi connectivity index (χ3v) is 5.15. The molecule has 32 heavy (non-hydrogen) atoms. The Balaban J connectivity index is 1.81. The molecule has 0 aliphatic heterocycles. The first-order chi connectivity index (χ1) is 15.3. The van der Waals surface area contributed by atoms with Gasteiger partial charge in [-0.05, 0) is 41.5 Å². The average molecular weight is 460 g/mol. The Kier molecular flexibility index (Phi) is 7.83. The second-order valence-corrected chi connectivity index (χ2v) is 7.59. The van der Waals surface area contributed by atoms with Crippen LogP contribution in [0.4, 0.5) is 13.2 Å². The number of hydrogen-bond donors (Lipinski definition) is 1. The molecule has 166 valence electrons. The Hall–Kier alpha value is -3.39. The molecule has 1 N–H and O–H groups in total. The zero-order valence-electron chi connectivity index (χ0n) is 16.7. The zero-order chi connectivity index (χ0) is 23.0. The first-order valence-corrected chi connectivity index (χ1v) is 10.5. The van der Waals surface area contributed by atoms with Crippen molar-refractivity contribution in [2.75, 3.05) is 12.4 Å². The predicted molar refractivity (Wildman–Crippen MR) is 117 cm³/mol. The highest BCUT2D eigenvalue weighted by Gasteiger charge is 2.32. The van der Waals surface area contributed by atoms with Gasteiger partial charge in [-0.1, -0.05) is 54.6 Å². The van der Waals surface area contributed by atoms with Gasteiger partial charge in [0.1, 0.15) is 11.5 Å². The van der Waals surface area contributed by atoms with Gasteiger partial charge in [-0.15, -0.1) is 24.9 Å². The van der Waals surface area contributed by atoms with Crippen molar-refractivity contribution in [1.82, 2.24) is 0 Å². The second-order valence-electron chi connectivity index (χ2n) is 6.49. The molecule has 0 amide bonds. The average Bonchev–Trinajstić information content (AvgIpc) is 2.76. The van der Waals surface area contributed by atoms with Crippen LogP contribution < -0.4 is 9.47 Å². The highest BCUT2D eigenvalue weighted by Crippen LogP contribution is 2.35. The molecule has 0 saturated heterocycles. The lowest BCUT2D eigenvalue weighted by molar-refractivity contribution is -0.274. The van der Waals surface area contributed by atoms with Crippen LogP contribution in [0.1, 0.15) is 11.1 Å². The molecule has 0 aromatic heterocycles. The Labute approximate surface area is 187 Å². The molecule has 3 aromatic rings. The van der Waals surface area contributed by atoms with Gasteiger partial charge in [-0.2, -0.15) is 0 Å². The second kappa shape index (κ2) is 10.8. The maximum Gasteiger partial charge on any atom is 0.573 e. The van der Waals surface area contributed by atoms with Crippen LogP contribution in [0.3, 0.4) is 0 Å². The van der Waals surface area contributed by atoms with Crippen molar-refractivity contribution in [3.8, 4) is 11.5 Å². The Morgan fingerprint density at radius 3 is 2.25 bits per heavy atom. The van der Waals surface area contributed by atoms with Gasteiger partial charge in [0.25, 0.3) is 0 Å². The minimum absolute atomic E-state index is 0.264. The number of alkyl halides is 3. The number of hydrogen-bond acceptors (Lipinski definition) is 4. The van der Waals surface area contributed by atoms with Crippen molar-refractivity contribution in [2.24, 2.45) is 0 Å². The maximum atomic E-state index is 12.9. The van der Waals surface area contributed by atoms with E-state index in [0.29, 0.717) is 22.6 Å². The number of benzene rings is 3. The summed E-state index contributed by atoms with van der Waals surface area (Å²) in [4.78, 5) is 11.5. The highest BCUT2D eigenvalue weighted by molar-refractivity contribution is 7.99. The molecule has 0 saturated carbocycles. The summed E-state index contributed by atoms with van der Waals surface area (Å²) in [6, 6.07) is 22.1. The van der Waals surface area contributed by atoms with Crippen molar-refractivity contribution < 1.29 is 32.5 Å². The van der Waals surface area contributed by atoms with E-state index in [1.165, 1.54) is 23.9 Å². The summed E-state index contributed by atoms with van der Waals surface area (Å²) in [6.45, 7) is -0.422. The first-order valence-electron chi connectivity index (χ1n) is 9.50. The van der Waals surface area contributed by atoms with E-state index in [4.69, 9.17) is 9.84 Å². The van der Waals surface area contributed by atoms with Crippen LogP contribution in [0, 0.1) is 0 Å². The highest BCUT2D eigenvalue weighted by atomic mass is 32.2. The SMILES string of the molecule is O=C(O)COc1ccc(SC/C=C(\c2ccccc2)c2ccccc2OC(F)(F)F)cc1. The van der Waals surface area contributed by atoms with Crippen LogP contribution in [0.5, 0.6) is 11.5 Å². The van der Waals surface area contributed by atoms with Crippen molar-refractivity contribution in [2.45, 2.75) is 11.3 Å². The maximum absolute atomic E-state index is 12.9. The summed E-state index contributed by atoms with van der Waals surface area (Å²) in [7, 11) is 0. The summed E-state index contributed by atoms with van der Waals surface area (Å²) in [5.74, 6) is -0.396. The van der Waals surface area contributed by atoms with Gasteiger partial charge in [0.15, 0.2) is 6.61 Å². The number of carboxylic acids is 1. The van der Waals surface area contributed by atoms with Gasteiger partial charge in [0, 0.05) is 16.2 Å². The lowest BCUT2D eigenvalue weighted by Crippen LogP contribution is -2.18. The van der Waals surface area contributed by atoms with Crippen LogP contribution in [0.2, 0.25) is 0 Å². The fraction of sp³-hybridized carbons (Fsp3) is 0.125. The summed E-state index contributed by atoms with van der Waals surface area (Å²) in [5.41, 5.74) is 1.73. The smallest absolute Gasteiger partial charge is 0.482 e. The van der Waals surface area contributed by atoms with E-state index in [1.54, 1.807) is 36.4 Å². The number of ether oxygens (including phenoxy) is 2. The number of halogens is 3. The molecule has 0 aliphatic carbocycles. The number of aliphatic carboxylic acids is 1. The largest absolute Gasteiger partial charge is 0.573 e. The standard InChI is InChI=1S/C24H19F3O4S/c25-24(26,27)31-22-9-5-4-8-21(22)20(17-6-2-1-3-7-17)14-15-32-19-12-10-18(11-13-19)30-16-23(28)29/h1-14H,15-16H2,(H,28,29)/b20-14+.